The molecule has 8 nitrogen and oxygen atoms in total. The molecule has 1 atom stereocenters. The van der Waals surface area contributed by atoms with Gasteiger partial charge >= 0.3 is 5.97 Å². The van der Waals surface area contributed by atoms with Crippen LogP contribution in [0, 0.1) is 19.7 Å². The molecular formula is C18H14ClIN4O4. The Hall–Kier alpha value is -2.27. The van der Waals surface area contributed by atoms with Gasteiger partial charge in [0.25, 0.3) is 5.69 Å². The summed E-state index contributed by atoms with van der Waals surface area (Å²) in [5, 5.41) is 11.1. The van der Waals surface area contributed by atoms with E-state index < -0.39 is 17.0 Å². The number of aromatic nitrogens is 3. The van der Waals surface area contributed by atoms with Gasteiger partial charge in [-0.15, -0.1) is 0 Å². The van der Waals surface area contributed by atoms with Crippen LogP contribution in [0.3, 0.4) is 0 Å². The van der Waals surface area contributed by atoms with Crippen molar-refractivity contribution in [3.05, 3.63) is 67.0 Å². The highest BCUT2D eigenvalue weighted by atomic mass is 127. The first kappa shape index (κ1) is 19.1. The van der Waals surface area contributed by atoms with Gasteiger partial charge in [0.2, 0.25) is 0 Å². The molecule has 3 aromatic rings. The first-order chi connectivity index (χ1) is 13.5. The summed E-state index contributed by atoms with van der Waals surface area (Å²) >= 11 is 8.30. The lowest BCUT2D eigenvalue weighted by molar-refractivity contribution is -0.384. The second-order valence-electron chi connectivity index (χ2n) is 6.52. The molecule has 1 saturated carbocycles. The molecule has 0 aliphatic heterocycles. The van der Waals surface area contributed by atoms with Crippen LogP contribution < -0.4 is 0 Å². The van der Waals surface area contributed by atoms with E-state index in [4.69, 9.17) is 16.3 Å². The molecule has 0 saturated heterocycles. The largest absolute Gasteiger partial charge is 0.450 e. The number of carbonyl (C=O) groups is 1. The van der Waals surface area contributed by atoms with Gasteiger partial charge in [-0.05, 0) is 47.6 Å². The lowest BCUT2D eigenvalue weighted by Crippen LogP contribution is -2.26. The van der Waals surface area contributed by atoms with E-state index in [0.29, 0.717) is 20.2 Å². The average Bonchev–Trinajstić information content (AvgIpc) is 2.97. The second kappa shape index (κ2) is 7.63. The summed E-state index contributed by atoms with van der Waals surface area (Å²) in [6, 6.07) is 5.36. The van der Waals surface area contributed by atoms with Crippen LogP contribution in [0.5, 0.6) is 0 Å². The van der Waals surface area contributed by atoms with Gasteiger partial charge in [0, 0.05) is 30.4 Å². The fourth-order valence-electron chi connectivity index (χ4n) is 3.19. The summed E-state index contributed by atoms with van der Waals surface area (Å²) in [4.78, 5) is 31.7. The Morgan fingerprint density at radius 3 is 2.68 bits per heavy atom. The maximum absolute atomic E-state index is 12.7. The molecule has 2 heterocycles. The Labute approximate surface area is 178 Å². The second-order valence-corrected chi connectivity index (χ2v) is 7.90. The summed E-state index contributed by atoms with van der Waals surface area (Å²) < 4.78 is 8.32. The number of nitro benzene ring substituents is 1. The molecule has 1 aliphatic carbocycles. The van der Waals surface area contributed by atoms with Crippen molar-refractivity contribution in [1.82, 2.24) is 14.4 Å². The van der Waals surface area contributed by atoms with Gasteiger partial charge in [-0.3, -0.25) is 14.5 Å². The number of rotatable bonds is 5. The average molecular weight is 513 g/mol. The molecule has 0 radical (unpaired) electrons. The van der Waals surface area contributed by atoms with Crippen LogP contribution in [0.1, 0.15) is 41.5 Å². The zero-order valence-electron chi connectivity index (χ0n) is 14.4. The molecule has 2 aromatic heterocycles. The van der Waals surface area contributed by atoms with E-state index in [1.165, 1.54) is 24.3 Å². The van der Waals surface area contributed by atoms with Crippen LogP contribution in [-0.4, -0.2) is 25.3 Å². The standard InChI is InChI=1S/C18H14ClIN4O4/c19-15-13-16(20)22-17(23(13)9-8-21-15)14(10-2-1-3-10)28-18(25)11-4-6-12(7-5-11)24(26)27/h4-10,14H,1-3H2. The van der Waals surface area contributed by atoms with Crippen molar-refractivity contribution in [2.75, 3.05) is 0 Å². The first-order valence-corrected chi connectivity index (χ1v) is 10.0. The maximum atomic E-state index is 12.7. The SMILES string of the molecule is O=C(OC(c1nc(I)c2c(Cl)nccn12)C1CCC1)c1ccc([N+](=O)[O-])cc1. The van der Waals surface area contributed by atoms with Crippen molar-refractivity contribution >= 4 is 51.4 Å². The quantitative estimate of drug-likeness (QED) is 0.214. The van der Waals surface area contributed by atoms with Crippen molar-refractivity contribution in [3.8, 4) is 0 Å². The number of hydrogen-bond donors (Lipinski definition) is 0. The number of hydrogen-bond acceptors (Lipinski definition) is 6. The molecule has 0 bridgehead atoms. The molecule has 1 unspecified atom stereocenters. The van der Waals surface area contributed by atoms with Crippen molar-refractivity contribution in [1.29, 1.82) is 0 Å². The maximum Gasteiger partial charge on any atom is 0.338 e. The van der Waals surface area contributed by atoms with Gasteiger partial charge in [-0.2, -0.15) is 0 Å². The van der Waals surface area contributed by atoms with E-state index in [2.05, 4.69) is 32.6 Å². The number of benzene rings is 1. The van der Waals surface area contributed by atoms with Crippen LogP contribution in [-0.2, 0) is 4.74 Å². The molecule has 28 heavy (non-hydrogen) atoms. The minimum absolute atomic E-state index is 0.0805. The number of non-ortho nitro benzene ring substituents is 1. The van der Waals surface area contributed by atoms with E-state index in [9.17, 15) is 14.9 Å². The van der Waals surface area contributed by atoms with Crippen molar-refractivity contribution in [2.24, 2.45) is 5.92 Å². The molecule has 0 spiro atoms. The molecule has 1 fully saturated rings. The Morgan fingerprint density at radius 1 is 1.36 bits per heavy atom. The van der Waals surface area contributed by atoms with Crippen LogP contribution >= 0.6 is 34.2 Å². The summed E-state index contributed by atoms with van der Waals surface area (Å²) in [7, 11) is 0. The monoisotopic (exact) mass is 512 g/mol. The number of nitro groups is 1. The third-order valence-corrected chi connectivity index (χ3v) is 5.90. The van der Waals surface area contributed by atoms with Crippen molar-refractivity contribution in [3.63, 3.8) is 0 Å². The predicted octanol–water partition coefficient (Wildman–Crippen LogP) is 4.59. The molecule has 0 amide bonds. The van der Waals surface area contributed by atoms with E-state index in [1.54, 1.807) is 12.4 Å². The molecule has 4 rings (SSSR count). The fourth-order valence-corrected chi connectivity index (χ4v) is 4.35. The molecule has 0 N–H and O–H groups in total. The van der Waals surface area contributed by atoms with Gasteiger partial charge in [0.05, 0.1) is 10.5 Å². The van der Waals surface area contributed by atoms with E-state index in [0.717, 1.165) is 19.3 Å². The van der Waals surface area contributed by atoms with E-state index in [1.807, 2.05) is 4.40 Å². The normalized spacial score (nSPS) is 15.2. The van der Waals surface area contributed by atoms with Gasteiger partial charge in [-0.25, -0.2) is 14.8 Å². The summed E-state index contributed by atoms with van der Waals surface area (Å²) in [6.45, 7) is 0. The number of esters is 1. The lowest BCUT2D eigenvalue weighted by Gasteiger charge is -2.32. The third kappa shape index (κ3) is 3.44. The van der Waals surface area contributed by atoms with E-state index in [-0.39, 0.29) is 17.2 Å². The van der Waals surface area contributed by atoms with Gasteiger partial charge in [-0.1, -0.05) is 18.0 Å². The molecule has 1 aromatic carbocycles. The topological polar surface area (TPSA) is 99.6 Å². The highest BCUT2D eigenvalue weighted by Gasteiger charge is 2.35. The first-order valence-electron chi connectivity index (χ1n) is 8.59. The Morgan fingerprint density at radius 2 is 2.07 bits per heavy atom. The third-order valence-electron chi connectivity index (χ3n) is 4.88. The Balaban J connectivity index is 1.67. The molecular weight excluding hydrogens is 499 g/mol. The van der Waals surface area contributed by atoms with Crippen LogP contribution in [0.15, 0.2) is 36.7 Å². The van der Waals surface area contributed by atoms with Crippen LogP contribution in [0.25, 0.3) is 5.52 Å². The lowest BCUT2D eigenvalue weighted by atomic mass is 9.80. The number of fused-ring (bicyclic) bond motifs is 1. The van der Waals surface area contributed by atoms with Gasteiger partial charge in [0.1, 0.15) is 9.22 Å². The zero-order valence-corrected chi connectivity index (χ0v) is 17.3. The smallest absolute Gasteiger partial charge is 0.338 e. The predicted molar refractivity (Wildman–Crippen MR) is 109 cm³/mol. The highest BCUT2D eigenvalue weighted by Crippen LogP contribution is 2.41. The fraction of sp³-hybridized carbons (Fsp3) is 0.278. The minimum atomic E-state index is -0.543. The van der Waals surface area contributed by atoms with Crippen molar-refractivity contribution in [2.45, 2.75) is 25.4 Å². The Bertz CT molecular complexity index is 1070. The molecule has 1 aliphatic rings. The van der Waals surface area contributed by atoms with Gasteiger partial charge < -0.3 is 4.74 Å². The number of imidazole rings is 1. The van der Waals surface area contributed by atoms with Crippen molar-refractivity contribution < 1.29 is 14.5 Å². The zero-order chi connectivity index (χ0) is 19.8. The Kier molecular flexibility index (Phi) is 5.19. The number of ether oxygens (including phenoxy) is 1. The van der Waals surface area contributed by atoms with Crippen LogP contribution in [0.2, 0.25) is 5.15 Å². The number of halogens is 2. The molecule has 144 valence electrons. The highest BCUT2D eigenvalue weighted by molar-refractivity contribution is 14.1. The van der Waals surface area contributed by atoms with Gasteiger partial charge in [0.15, 0.2) is 17.1 Å². The number of nitrogens with zero attached hydrogens (tertiary/aromatic N) is 4. The van der Waals surface area contributed by atoms with Crippen LogP contribution in [0.4, 0.5) is 5.69 Å². The molecule has 10 heteroatoms. The number of carbonyl (C=O) groups excluding carboxylic acids is 1. The summed E-state index contributed by atoms with van der Waals surface area (Å²) in [5.74, 6) is 0.220. The minimum Gasteiger partial charge on any atom is -0.450 e. The summed E-state index contributed by atoms with van der Waals surface area (Å²) in [6.07, 6.45) is 5.72. The van der Waals surface area contributed by atoms with E-state index >= 15 is 0 Å². The summed E-state index contributed by atoms with van der Waals surface area (Å²) in [5.41, 5.74) is 0.851.